The fourth-order valence-electron chi connectivity index (χ4n) is 9.08. The van der Waals surface area contributed by atoms with Gasteiger partial charge in [-0.1, -0.05) is 0 Å². The second-order valence-corrected chi connectivity index (χ2v) is 13.9. The Morgan fingerprint density at radius 2 is 1.47 bits per heavy atom. The smallest absolute Gasteiger partial charge is 0.257 e. The summed E-state index contributed by atoms with van der Waals surface area (Å²) in [5, 5.41) is 11.7. The number of hydrogen-bond acceptors (Lipinski definition) is 4. The highest BCUT2D eigenvalue weighted by atomic mass is 19.2. The number of nitrogens with zero attached hydrogens (tertiary/aromatic N) is 3. The van der Waals surface area contributed by atoms with Gasteiger partial charge in [0.1, 0.15) is 24.6 Å². The van der Waals surface area contributed by atoms with Gasteiger partial charge < -0.3 is 19.6 Å². The third-order valence-electron chi connectivity index (χ3n) is 11.2. The van der Waals surface area contributed by atoms with E-state index in [-0.39, 0.29) is 31.5 Å². The maximum absolute atomic E-state index is 16.6. The predicted octanol–water partition coefficient (Wildman–Crippen LogP) is 4.28. The lowest BCUT2D eigenvalue weighted by atomic mass is 9.81. The first-order chi connectivity index (χ1) is 22.8. The molecule has 0 aliphatic carbocycles. The fraction of sp³-hybridized carbons (Fsp3) is 0.459. The zero-order chi connectivity index (χ0) is 32.1. The number of likely N-dealkylation sites (tertiary alicyclic amines) is 1. The summed E-state index contributed by atoms with van der Waals surface area (Å²) in [4.78, 5) is 17.8. The van der Waals surface area contributed by atoms with Crippen molar-refractivity contribution in [3.8, 4) is 11.5 Å². The molecule has 0 radical (unpaired) electrons. The molecule has 6 aliphatic rings. The highest BCUT2D eigenvalue weighted by Gasteiger charge is 2.40. The Kier molecular flexibility index (Phi) is 6.72. The van der Waals surface area contributed by atoms with E-state index in [4.69, 9.17) is 4.74 Å². The van der Waals surface area contributed by atoms with Crippen molar-refractivity contribution >= 4 is 17.2 Å². The highest BCUT2D eigenvalue weighted by Crippen LogP contribution is 2.49. The van der Waals surface area contributed by atoms with Crippen LogP contribution in [0.3, 0.4) is 0 Å². The average Bonchev–Trinajstić information content (AvgIpc) is 3.09. The molecule has 0 unspecified atom stereocenters. The van der Waals surface area contributed by atoms with Crippen LogP contribution in [0, 0.1) is 23.3 Å². The van der Waals surface area contributed by atoms with Gasteiger partial charge in [0.05, 0.1) is 17.2 Å². The van der Waals surface area contributed by atoms with Gasteiger partial charge in [0.2, 0.25) is 5.36 Å². The number of fused-ring (bicyclic) bond motifs is 4. The number of aliphatic hydroxyl groups excluding tert-OH is 1. The molecule has 9 rings (SSSR count). The van der Waals surface area contributed by atoms with Crippen molar-refractivity contribution in [2.75, 3.05) is 44.2 Å². The normalized spacial score (nSPS) is 19.9. The first-order valence-corrected chi connectivity index (χ1v) is 17.1. The Labute approximate surface area is 269 Å². The van der Waals surface area contributed by atoms with Gasteiger partial charge in [-0.3, -0.25) is 4.79 Å². The molecule has 1 amide bonds. The third kappa shape index (κ3) is 4.25. The Morgan fingerprint density at radius 1 is 0.787 bits per heavy atom. The molecule has 3 aromatic carbocycles. The molecular formula is C37H36F4N3O3+. The van der Waals surface area contributed by atoms with Crippen LogP contribution >= 0.6 is 0 Å². The van der Waals surface area contributed by atoms with E-state index < -0.39 is 46.4 Å². The zero-order valence-electron chi connectivity index (χ0n) is 26.2. The molecule has 10 heteroatoms. The van der Waals surface area contributed by atoms with Crippen molar-refractivity contribution in [3.05, 3.63) is 84.9 Å². The van der Waals surface area contributed by atoms with E-state index in [1.54, 1.807) is 0 Å². The molecule has 6 heterocycles. The van der Waals surface area contributed by atoms with Gasteiger partial charge in [-0.05, 0) is 69.1 Å². The number of amides is 1. The summed E-state index contributed by atoms with van der Waals surface area (Å²) in [7, 11) is 0. The third-order valence-corrected chi connectivity index (χ3v) is 11.2. The molecule has 0 bridgehead atoms. The van der Waals surface area contributed by atoms with E-state index in [1.807, 2.05) is 12.1 Å². The van der Waals surface area contributed by atoms with Crippen LogP contribution in [-0.4, -0.2) is 61.3 Å². The van der Waals surface area contributed by atoms with Crippen LogP contribution in [0.5, 0.6) is 11.5 Å². The van der Waals surface area contributed by atoms with Gasteiger partial charge >= 0.3 is 0 Å². The molecule has 1 N–H and O–H groups in total. The Balaban J connectivity index is 1.42. The molecule has 47 heavy (non-hydrogen) atoms. The highest BCUT2D eigenvalue weighted by molar-refractivity contribution is 6.03. The second kappa shape index (κ2) is 10.8. The van der Waals surface area contributed by atoms with Crippen LogP contribution in [0.25, 0.3) is 5.57 Å². The van der Waals surface area contributed by atoms with Crippen LogP contribution in [0.2, 0.25) is 0 Å². The first-order valence-electron chi connectivity index (χ1n) is 17.1. The fourth-order valence-corrected chi connectivity index (χ4v) is 9.08. The van der Waals surface area contributed by atoms with Crippen LogP contribution in [0.4, 0.5) is 23.2 Å². The lowest BCUT2D eigenvalue weighted by molar-refractivity contribution is 0.0540. The summed E-state index contributed by atoms with van der Waals surface area (Å²) >= 11 is 0. The Hall–Kier alpha value is -3.92. The summed E-state index contributed by atoms with van der Waals surface area (Å²) in [5.41, 5.74) is 4.51. The largest absolute Gasteiger partial charge is 0.455 e. The van der Waals surface area contributed by atoms with Crippen molar-refractivity contribution in [1.29, 1.82) is 0 Å². The minimum Gasteiger partial charge on any atom is -0.455 e. The molecule has 1 saturated heterocycles. The molecule has 6 nitrogen and oxygen atoms in total. The van der Waals surface area contributed by atoms with Gasteiger partial charge in [0, 0.05) is 77.8 Å². The van der Waals surface area contributed by atoms with Gasteiger partial charge in [-0.25, -0.2) is 22.1 Å². The number of hydrogen-bond donors (Lipinski definition) is 1. The maximum Gasteiger partial charge on any atom is 0.257 e. The quantitative estimate of drug-likeness (QED) is 0.153. The molecule has 0 atom stereocenters. The zero-order valence-corrected chi connectivity index (χ0v) is 26.2. The van der Waals surface area contributed by atoms with Crippen molar-refractivity contribution in [2.24, 2.45) is 0 Å². The standard InChI is InChI=1S/C37H36F4N3O3/c38-29-27(28(30(39)32(41)31(29)40)37(46)44-15-9-21(45)10-16-44)26-24-17-19-5-1-11-42-13-3-7-22(33(19)42)35(24)47-36-23-8-4-14-43-12-2-6-20(34(23)43)18-25(26)36/h17-18,21,45H,1-16H2/q+1. The van der Waals surface area contributed by atoms with E-state index >= 15 is 17.6 Å². The number of ether oxygens (including phenoxy) is 1. The number of aliphatic hydroxyl groups is 1. The molecular weight excluding hydrogens is 610 g/mol. The summed E-state index contributed by atoms with van der Waals surface area (Å²) in [5.74, 6) is -7.09. The summed E-state index contributed by atoms with van der Waals surface area (Å²) < 4.78 is 72.6. The van der Waals surface area contributed by atoms with Crippen LogP contribution < -0.4 is 24.8 Å². The summed E-state index contributed by atoms with van der Waals surface area (Å²) in [6, 6.07) is 3.90. The van der Waals surface area contributed by atoms with Crippen molar-refractivity contribution < 1.29 is 32.2 Å². The first kappa shape index (κ1) is 29.2. The SMILES string of the molecule is O=C(c1c(F)c(F)c(F)c(F)c1C1=c2cc3c4c(c2Oc2c1cc1c5c2CCCN5CCC1)CCC[N+]=4CCC3)N1CCC(O)CC1. The molecule has 0 saturated carbocycles. The van der Waals surface area contributed by atoms with E-state index in [9.17, 15) is 9.90 Å². The number of aryl methyl sites for hydroxylation is 2. The van der Waals surface area contributed by atoms with Gasteiger partial charge in [-0.15, -0.1) is 0 Å². The van der Waals surface area contributed by atoms with Crippen LogP contribution in [0.15, 0.2) is 12.1 Å². The number of piperidine rings is 1. The average molecular weight is 647 g/mol. The number of benzene rings is 3. The van der Waals surface area contributed by atoms with Gasteiger partial charge in [0.15, 0.2) is 23.3 Å². The molecule has 6 aliphatic heterocycles. The molecule has 0 spiro atoms. The molecule has 3 aromatic rings. The molecule has 0 aromatic heterocycles. The van der Waals surface area contributed by atoms with E-state index in [0.29, 0.717) is 22.3 Å². The molecule has 244 valence electrons. The van der Waals surface area contributed by atoms with Crippen molar-refractivity contribution in [2.45, 2.75) is 70.3 Å². The van der Waals surface area contributed by atoms with Crippen molar-refractivity contribution in [3.63, 3.8) is 0 Å². The summed E-state index contributed by atoms with van der Waals surface area (Å²) in [6.07, 6.45) is 6.58. The van der Waals surface area contributed by atoms with E-state index in [1.165, 1.54) is 4.90 Å². The van der Waals surface area contributed by atoms with Crippen LogP contribution in [-0.2, 0) is 25.7 Å². The van der Waals surface area contributed by atoms with E-state index in [0.717, 1.165) is 111 Å². The van der Waals surface area contributed by atoms with E-state index in [2.05, 4.69) is 9.48 Å². The monoisotopic (exact) mass is 646 g/mol. The van der Waals surface area contributed by atoms with Gasteiger partial charge in [0.25, 0.3) is 5.91 Å². The topological polar surface area (TPSA) is 56.0 Å². The predicted molar refractivity (Wildman–Crippen MR) is 168 cm³/mol. The number of halogens is 4. The van der Waals surface area contributed by atoms with Crippen LogP contribution in [0.1, 0.15) is 82.3 Å². The number of rotatable bonds is 2. The molecule has 1 fully saturated rings. The minimum absolute atomic E-state index is 0.0894. The Morgan fingerprint density at radius 3 is 2.26 bits per heavy atom. The number of carbonyl (C=O) groups is 1. The Bertz CT molecular complexity index is 2030. The number of anilines is 1. The maximum atomic E-state index is 16.6. The van der Waals surface area contributed by atoms with Gasteiger partial charge in [-0.2, -0.15) is 0 Å². The van der Waals surface area contributed by atoms with Crippen molar-refractivity contribution in [1.82, 2.24) is 9.48 Å². The lowest BCUT2D eigenvalue weighted by Crippen LogP contribution is -2.45. The summed E-state index contributed by atoms with van der Waals surface area (Å²) in [6.45, 7) is 3.87. The minimum atomic E-state index is -2.01. The second-order valence-electron chi connectivity index (χ2n) is 13.9. The lowest BCUT2D eigenvalue weighted by Gasteiger charge is -2.39. The number of carbonyl (C=O) groups excluding carboxylic acids is 1.